The Morgan fingerprint density at radius 2 is 2.00 bits per heavy atom. The minimum atomic E-state index is -1.32. The van der Waals surface area contributed by atoms with Gasteiger partial charge < -0.3 is 24.4 Å². The lowest BCUT2D eigenvalue weighted by molar-refractivity contribution is -0.308. The van der Waals surface area contributed by atoms with Gasteiger partial charge in [0.15, 0.2) is 6.10 Å². The van der Waals surface area contributed by atoms with E-state index in [4.69, 9.17) is 9.15 Å². The van der Waals surface area contributed by atoms with Gasteiger partial charge >= 0.3 is 5.63 Å². The number of aryl methyl sites for hydroxylation is 2. The summed E-state index contributed by atoms with van der Waals surface area (Å²) in [6.07, 6.45) is 2.25. The molecule has 0 bridgehead atoms. The van der Waals surface area contributed by atoms with Crippen LogP contribution in [0.1, 0.15) is 49.8 Å². The zero-order valence-electron chi connectivity index (χ0n) is 16.3. The Kier molecular flexibility index (Phi) is 5.72. The lowest BCUT2D eigenvalue weighted by Crippen LogP contribution is -2.51. The summed E-state index contributed by atoms with van der Waals surface area (Å²) in [5.74, 6) is -1.39. The average molecular weight is 386 g/mol. The van der Waals surface area contributed by atoms with Crippen LogP contribution in [-0.4, -0.2) is 24.0 Å². The number of fused-ring (bicyclic) bond motifs is 3. The number of nitrogens with one attached hydrogen (secondary N) is 1. The van der Waals surface area contributed by atoms with Crippen LogP contribution in [-0.2, 0) is 22.4 Å². The quantitative estimate of drug-likeness (QED) is 0.721. The second-order valence-corrected chi connectivity index (χ2v) is 7.27. The largest absolute Gasteiger partial charge is 0.548 e. The Labute approximate surface area is 162 Å². The van der Waals surface area contributed by atoms with Crippen LogP contribution in [0.25, 0.3) is 11.0 Å². The van der Waals surface area contributed by atoms with E-state index in [1.54, 1.807) is 19.1 Å². The summed E-state index contributed by atoms with van der Waals surface area (Å²) in [7, 11) is 0. The summed E-state index contributed by atoms with van der Waals surface area (Å²) in [6, 6.07) is 2.52. The highest BCUT2D eigenvalue weighted by Gasteiger charge is 2.25. The number of amides is 1. The minimum Gasteiger partial charge on any atom is -0.548 e. The maximum absolute atomic E-state index is 12.4. The summed E-state index contributed by atoms with van der Waals surface area (Å²) in [4.78, 5) is 35.8. The molecule has 1 aromatic carbocycles. The fourth-order valence-electron chi connectivity index (χ4n) is 3.67. The molecule has 1 heterocycles. The first-order valence-electron chi connectivity index (χ1n) is 9.59. The third-order valence-corrected chi connectivity index (χ3v) is 5.03. The zero-order chi connectivity index (χ0) is 20.4. The predicted molar refractivity (Wildman–Crippen MR) is 101 cm³/mol. The van der Waals surface area contributed by atoms with E-state index in [0.29, 0.717) is 35.1 Å². The molecule has 1 N–H and O–H groups in total. The standard InChI is InChI=1S/C21H25NO6/c1-4-6-15(20(24)25)22-19(23)12(3)27-16-9-11(2)10-17-18(16)13-7-5-8-14(13)21(26)28-17/h9-10,12,15H,4-8H2,1-3H3,(H,22,23)(H,24,25)/p-1/t12-,15+/m0/s1. The Morgan fingerprint density at radius 1 is 1.29 bits per heavy atom. The highest BCUT2D eigenvalue weighted by molar-refractivity contribution is 5.90. The monoisotopic (exact) mass is 386 g/mol. The molecule has 1 amide bonds. The SMILES string of the molecule is CCC[C@@H](NC(=O)[C@H](C)Oc1cc(C)cc2oc(=O)c3c(c12)CCC3)C(=O)[O-]. The van der Waals surface area contributed by atoms with Crippen molar-refractivity contribution >= 4 is 22.8 Å². The van der Waals surface area contributed by atoms with Crippen molar-refractivity contribution in [2.45, 2.75) is 65.0 Å². The summed E-state index contributed by atoms with van der Waals surface area (Å²) >= 11 is 0. The number of carbonyl (C=O) groups excluding carboxylic acids is 2. The Hall–Kier alpha value is -2.83. The molecule has 0 radical (unpaired) electrons. The van der Waals surface area contributed by atoms with Crippen LogP contribution >= 0.6 is 0 Å². The molecule has 2 aromatic rings. The van der Waals surface area contributed by atoms with Crippen molar-refractivity contribution in [1.82, 2.24) is 5.32 Å². The highest BCUT2D eigenvalue weighted by Crippen LogP contribution is 2.35. The van der Waals surface area contributed by atoms with Gasteiger partial charge in [0.1, 0.15) is 11.3 Å². The molecule has 1 aliphatic carbocycles. The van der Waals surface area contributed by atoms with E-state index >= 15 is 0 Å². The number of carbonyl (C=O) groups is 2. The van der Waals surface area contributed by atoms with Crippen LogP contribution < -0.4 is 20.8 Å². The lowest BCUT2D eigenvalue weighted by atomic mass is 10.0. The third kappa shape index (κ3) is 3.88. The molecular weight excluding hydrogens is 362 g/mol. The van der Waals surface area contributed by atoms with Crippen molar-refractivity contribution < 1.29 is 23.8 Å². The number of rotatable bonds is 7. The van der Waals surface area contributed by atoms with E-state index < -0.39 is 24.0 Å². The molecule has 7 heteroatoms. The van der Waals surface area contributed by atoms with Gasteiger partial charge in [-0.25, -0.2) is 4.79 Å². The maximum Gasteiger partial charge on any atom is 0.339 e. The predicted octanol–water partition coefficient (Wildman–Crippen LogP) is 1.39. The molecular formula is C21H24NO6-. The van der Waals surface area contributed by atoms with Crippen molar-refractivity contribution in [2.75, 3.05) is 0 Å². The van der Waals surface area contributed by atoms with Crippen LogP contribution in [0.3, 0.4) is 0 Å². The fourth-order valence-corrected chi connectivity index (χ4v) is 3.67. The molecule has 3 rings (SSSR count). The van der Waals surface area contributed by atoms with Gasteiger partial charge in [-0.05, 0) is 62.8 Å². The number of carboxylic acid groups (broad SMARTS) is 1. The van der Waals surface area contributed by atoms with E-state index in [-0.39, 0.29) is 12.0 Å². The molecule has 150 valence electrons. The first-order chi connectivity index (χ1) is 13.3. The molecule has 0 aliphatic heterocycles. The molecule has 1 aromatic heterocycles. The molecule has 0 spiro atoms. The minimum absolute atomic E-state index is 0.285. The van der Waals surface area contributed by atoms with Crippen molar-refractivity contribution in [1.29, 1.82) is 0 Å². The van der Waals surface area contributed by atoms with Crippen molar-refractivity contribution in [3.05, 3.63) is 39.2 Å². The summed E-state index contributed by atoms with van der Waals surface area (Å²) in [6.45, 7) is 5.23. The summed E-state index contributed by atoms with van der Waals surface area (Å²) in [5.41, 5.74) is 2.52. The topological polar surface area (TPSA) is 109 Å². The Balaban J connectivity index is 1.91. The normalized spacial score (nSPS) is 15.1. The number of hydrogen-bond acceptors (Lipinski definition) is 6. The number of hydrogen-bond donors (Lipinski definition) is 1. The van der Waals surface area contributed by atoms with Gasteiger partial charge in [-0.2, -0.15) is 0 Å². The summed E-state index contributed by atoms with van der Waals surface area (Å²) < 4.78 is 11.4. The summed E-state index contributed by atoms with van der Waals surface area (Å²) in [5, 5.41) is 14.3. The molecule has 0 unspecified atom stereocenters. The van der Waals surface area contributed by atoms with E-state index in [1.807, 2.05) is 13.8 Å². The molecule has 7 nitrogen and oxygen atoms in total. The van der Waals surface area contributed by atoms with Gasteiger partial charge in [0.2, 0.25) is 0 Å². The van der Waals surface area contributed by atoms with E-state index in [0.717, 1.165) is 24.0 Å². The second-order valence-electron chi connectivity index (χ2n) is 7.27. The van der Waals surface area contributed by atoms with Gasteiger partial charge in [-0.15, -0.1) is 0 Å². The third-order valence-electron chi connectivity index (χ3n) is 5.03. The number of aliphatic carboxylic acids is 1. The van der Waals surface area contributed by atoms with Crippen LogP contribution in [0, 0.1) is 6.92 Å². The number of carboxylic acids is 1. The van der Waals surface area contributed by atoms with E-state index in [9.17, 15) is 19.5 Å². The Bertz CT molecular complexity index is 977. The smallest absolute Gasteiger partial charge is 0.339 e. The lowest BCUT2D eigenvalue weighted by Gasteiger charge is -2.22. The van der Waals surface area contributed by atoms with Gasteiger partial charge in [-0.1, -0.05) is 13.3 Å². The Morgan fingerprint density at radius 3 is 2.68 bits per heavy atom. The van der Waals surface area contributed by atoms with Gasteiger partial charge in [0, 0.05) is 5.56 Å². The first kappa shape index (κ1) is 19.9. The van der Waals surface area contributed by atoms with Crippen LogP contribution in [0.15, 0.2) is 21.3 Å². The van der Waals surface area contributed by atoms with Crippen LogP contribution in [0.2, 0.25) is 0 Å². The van der Waals surface area contributed by atoms with Crippen molar-refractivity contribution in [3.63, 3.8) is 0 Å². The van der Waals surface area contributed by atoms with E-state index in [2.05, 4.69) is 5.32 Å². The molecule has 0 saturated heterocycles. The molecule has 1 aliphatic rings. The van der Waals surface area contributed by atoms with Crippen LogP contribution in [0.5, 0.6) is 5.75 Å². The first-order valence-corrected chi connectivity index (χ1v) is 9.59. The van der Waals surface area contributed by atoms with Crippen molar-refractivity contribution in [2.24, 2.45) is 0 Å². The van der Waals surface area contributed by atoms with Gasteiger partial charge in [0.25, 0.3) is 5.91 Å². The average Bonchev–Trinajstić information content (AvgIpc) is 3.10. The molecule has 28 heavy (non-hydrogen) atoms. The zero-order valence-corrected chi connectivity index (χ0v) is 16.3. The highest BCUT2D eigenvalue weighted by atomic mass is 16.5. The maximum atomic E-state index is 12.4. The van der Waals surface area contributed by atoms with E-state index in [1.165, 1.54) is 0 Å². The fraction of sp³-hybridized carbons (Fsp3) is 0.476. The van der Waals surface area contributed by atoms with Gasteiger partial charge in [0.05, 0.1) is 17.4 Å². The van der Waals surface area contributed by atoms with Crippen LogP contribution in [0.4, 0.5) is 0 Å². The van der Waals surface area contributed by atoms with Crippen molar-refractivity contribution in [3.8, 4) is 5.75 Å². The molecule has 2 atom stereocenters. The molecule has 0 fully saturated rings. The number of ether oxygens (including phenoxy) is 1. The molecule has 0 saturated carbocycles. The second kappa shape index (κ2) is 8.04. The van der Waals surface area contributed by atoms with Gasteiger partial charge in [-0.3, -0.25) is 4.79 Å². The number of benzene rings is 1.